The predicted octanol–water partition coefficient (Wildman–Crippen LogP) is 3.06. The van der Waals surface area contributed by atoms with Gasteiger partial charge in [-0.05, 0) is 29.3 Å². The summed E-state index contributed by atoms with van der Waals surface area (Å²) in [4.78, 5) is 24.2. The first-order valence-electron chi connectivity index (χ1n) is 7.47. The fourth-order valence-electron chi connectivity index (χ4n) is 2.66. The summed E-state index contributed by atoms with van der Waals surface area (Å²) in [6, 6.07) is 14.7. The molecule has 4 nitrogen and oxygen atoms in total. The second-order valence-electron chi connectivity index (χ2n) is 5.38. The third-order valence-corrected chi connectivity index (χ3v) is 3.82. The first-order valence-corrected chi connectivity index (χ1v) is 7.47. The van der Waals surface area contributed by atoms with E-state index in [0.29, 0.717) is 24.1 Å². The lowest BCUT2D eigenvalue weighted by molar-refractivity contribution is 0.0252. The van der Waals surface area contributed by atoms with Gasteiger partial charge in [0.2, 0.25) is 0 Å². The molecular formula is C19H17NO3. The van der Waals surface area contributed by atoms with Gasteiger partial charge in [0.1, 0.15) is 6.10 Å². The van der Waals surface area contributed by atoms with Crippen molar-refractivity contribution in [1.82, 2.24) is 5.32 Å². The van der Waals surface area contributed by atoms with Gasteiger partial charge in [-0.1, -0.05) is 36.4 Å². The maximum Gasteiger partial charge on any atom is 0.339 e. The van der Waals surface area contributed by atoms with Crippen molar-refractivity contribution >= 4 is 11.9 Å². The van der Waals surface area contributed by atoms with Gasteiger partial charge in [0.25, 0.3) is 5.91 Å². The summed E-state index contributed by atoms with van der Waals surface area (Å²) < 4.78 is 5.51. The van der Waals surface area contributed by atoms with Crippen molar-refractivity contribution in [3.05, 3.63) is 83.4 Å². The zero-order chi connectivity index (χ0) is 16.2. The number of hydrogen-bond acceptors (Lipinski definition) is 3. The average Bonchev–Trinajstić information content (AvgIpc) is 2.59. The summed E-state index contributed by atoms with van der Waals surface area (Å²) in [5.74, 6) is -0.527. The van der Waals surface area contributed by atoms with Crippen LogP contribution in [0, 0.1) is 0 Å². The van der Waals surface area contributed by atoms with Gasteiger partial charge in [-0.25, -0.2) is 4.79 Å². The molecule has 1 atom stereocenters. The molecule has 0 spiro atoms. The number of hydrogen-bond donors (Lipinski definition) is 1. The van der Waals surface area contributed by atoms with Crippen LogP contribution in [0.25, 0.3) is 0 Å². The number of nitrogens with one attached hydrogen (secondary N) is 1. The zero-order valence-electron chi connectivity index (χ0n) is 12.6. The van der Waals surface area contributed by atoms with Crippen molar-refractivity contribution in [2.45, 2.75) is 12.5 Å². The minimum atomic E-state index is -0.349. The quantitative estimate of drug-likeness (QED) is 0.697. The number of amides is 1. The third-order valence-electron chi connectivity index (χ3n) is 3.82. The van der Waals surface area contributed by atoms with Crippen LogP contribution < -0.4 is 5.32 Å². The lowest BCUT2D eigenvalue weighted by atomic mass is 9.93. The summed E-state index contributed by atoms with van der Waals surface area (Å²) in [6.45, 7) is 3.98. The van der Waals surface area contributed by atoms with Crippen molar-refractivity contribution in [2.75, 3.05) is 6.54 Å². The monoisotopic (exact) mass is 307 g/mol. The van der Waals surface area contributed by atoms with Crippen molar-refractivity contribution in [3.8, 4) is 0 Å². The molecule has 0 saturated carbocycles. The molecule has 1 amide bonds. The largest absolute Gasteiger partial charge is 0.454 e. The fraction of sp³-hybridized carbons (Fsp3) is 0.158. The number of esters is 1. The van der Waals surface area contributed by atoms with E-state index in [9.17, 15) is 9.59 Å². The number of rotatable bonds is 4. The van der Waals surface area contributed by atoms with Crippen LogP contribution >= 0.6 is 0 Å². The Morgan fingerprint density at radius 3 is 2.78 bits per heavy atom. The van der Waals surface area contributed by atoms with Gasteiger partial charge < -0.3 is 10.1 Å². The highest BCUT2D eigenvalue weighted by molar-refractivity contribution is 5.97. The number of ether oxygens (including phenoxy) is 1. The Morgan fingerprint density at radius 2 is 2.04 bits per heavy atom. The summed E-state index contributed by atoms with van der Waals surface area (Å²) in [5.41, 5.74) is 2.85. The first kappa shape index (κ1) is 15.0. The molecule has 1 N–H and O–H groups in total. The van der Waals surface area contributed by atoms with Crippen LogP contribution in [0.1, 0.15) is 37.9 Å². The van der Waals surface area contributed by atoms with Gasteiger partial charge >= 0.3 is 5.97 Å². The second kappa shape index (κ2) is 6.48. The number of carbonyl (C=O) groups excluding carboxylic acids is 2. The van der Waals surface area contributed by atoms with Crippen molar-refractivity contribution in [1.29, 1.82) is 0 Å². The Balaban J connectivity index is 1.88. The number of carbonyl (C=O) groups is 2. The lowest BCUT2D eigenvalue weighted by Gasteiger charge is -2.25. The molecule has 0 bridgehead atoms. The summed E-state index contributed by atoms with van der Waals surface area (Å²) >= 11 is 0. The van der Waals surface area contributed by atoms with Crippen LogP contribution in [0.4, 0.5) is 0 Å². The lowest BCUT2D eigenvalue weighted by Crippen LogP contribution is -2.25. The number of cyclic esters (lactones) is 1. The van der Waals surface area contributed by atoms with Crippen LogP contribution in [0.3, 0.4) is 0 Å². The molecule has 3 rings (SSSR count). The summed E-state index contributed by atoms with van der Waals surface area (Å²) in [5, 5.41) is 2.74. The minimum Gasteiger partial charge on any atom is -0.454 e. The van der Waals surface area contributed by atoms with Gasteiger partial charge in [0.05, 0.1) is 5.56 Å². The second-order valence-corrected chi connectivity index (χ2v) is 5.38. The van der Waals surface area contributed by atoms with E-state index < -0.39 is 0 Å². The normalized spacial score (nSPS) is 16.2. The molecule has 0 unspecified atom stereocenters. The highest BCUT2D eigenvalue weighted by Gasteiger charge is 2.28. The van der Waals surface area contributed by atoms with Crippen molar-refractivity contribution in [3.63, 3.8) is 0 Å². The standard InChI is InChI=1S/C19H17NO3/c1-2-10-20-18(21)14-8-9-16-15(11-14)12-17(23-19(16)22)13-6-4-3-5-7-13/h2-9,11,17H,1,10,12H2,(H,20,21)/t17-/m1/s1. The summed E-state index contributed by atoms with van der Waals surface area (Å²) in [7, 11) is 0. The predicted molar refractivity (Wildman–Crippen MR) is 87.3 cm³/mol. The van der Waals surface area contributed by atoms with E-state index in [1.807, 2.05) is 30.3 Å². The fourth-order valence-corrected chi connectivity index (χ4v) is 2.66. The maximum atomic E-state index is 12.2. The van der Waals surface area contributed by atoms with Gasteiger partial charge in [-0.2, -0.15) is 0 Å². The topological polar surface area (TPSA) is 55.4 Å². The van der Waals surface area contributed by atoms with Crippen LogP contribution in [0.5, 0.6) is 0 Å². The van der Waals surface area contributed by atoms with Gasteiger partial charge in [-0.3, -0.25) is 4.79 Å². The zero-order valence-corrected chi connectivity index (χ0v) is 12.6. The molecule has 23 heavy (non-hydrogen) atoms. The molecule has 4 heteroatoms. The van der Waals surface area contributed by atoms with Crippen LogP contribution in [0.15, 0.2) is 61.2 Å². The highest BCUT2D eigenvalue weighted by Crippen LogP contribution is 2.30. The molecule has 2 aromatic rings. The van der Waals surface area contributed by atoms with Crippen LogP contribution in [0.2, 0.25) is 0 Å². The molecule has 0 aromatic heterocycles. The Labute approximate surface area is 134 Å². The van der Waals surface area contributed by atoms with E-state index in [2.05, 4.69) is 11.9 Å². The Kier molecular flexibility index (Phi) is 4.24. The first-order chi connectivity index (χ1) is 11.2. The van der Waals surface area contributed by atoms with Crippen molar-refractivity contribution in [2.24, 2.45) is 0 Å². The summed E-state index contributed by atoms with van der Waals surface area (Å²) in [6.07, 6.45) is 1.87. The average molecular weight is 307 g/mol. The number of fused-ring (bicyclic) bond motifs is 1. The van der Waals surface area contributed by atoms with E-state index in [-0.39, 0.29) is 18.0 Å². The van der Waals surface area contributed by atoms with Gasteiger partial charge in [0, 0.05) is 18.5 Å². The molecule has 2 aromatic carbocycles. The Bertz CT molecular complexity index is 752. The Hall–Kier alpha value is -2.88. The molecule has 1 heterocycles. The minimum absolute atomic E-state index is 0.178. The molecule has 0 saturated heterocycles. The molecule has 1 aliphatic rings. The van der Waals surface area contributed by atoms with Gasteiger partial charge in [0.15, 0.2) is 0 Å². The van der Waals surface area contributed by atoms with E-state index >= 15 is 0 Å². The smallest absolute Gasteiger partial charge is 0.339 e. The van der Waals surface area contributed by atoms with Gasteiger partial charge in [-0.15, -0.1) is 6.58 Å². The molecule has 0 fully saturated rings. The van der Waals surface area contributed by atoms with E-state index in [0.717, 1.165) is 11.1 Å². The van der Waals surface area contributed by atoms with Crippen molar-refractivity contribution < 1.29 is 14.3 Å². The molecule has 0 aliphatic carbocycles. The van der Waals surface area contributed by atoms with Crippen LogP contribution in [-0.4, -0.2) is 18.4 Å². The van der Waals surface area contributed by atoms with Crippen LogP contribution in [-0.2, 0) is 11.2 Å². The van der Waals surface area contributed by atoms with E-state index in [1.165, 1.54) is 0 Å². The van der Waals surface area contributed by atoms with E-state index in [4.69, 9.17) is 4.74 Å². The Morgan fingerprint density at radius 1 is 1.26 bits per heavy atom. The number of benzene rings is 2. The maximum absolute atomic E-state index is 12.2. The van der Waals surface area contributed by atoms with E-state index in [1.54, 1.807) is 24.3 Å². The highest BCUT2D eigenvalue weighted by atomic mass is 16.5. The molecule has 1 aliphatic heterocycles. The molecule has 116 valence electrons. The molecular weight excluding hydrogens is 290 g/mol. The molecule has 0 radical (unpaired) electrons. The third kappa shape index (κ3) is 3.16. The SMILES string of the molecule is C=CCNC(=O)c1ccc2c(c1)C[C@H](c1ccccc1)OC2=O.